The predicted octanol–water partition coefficient (Wildman–Crippen LogP) is -0.306. The molecular weight excluding hydrogens is 144 g/mol. The van der Waals surface area contributed by atoms with Crippen LogP contribution in [0, 0.1) is 0 Å². The minimum atomic E-state index is -0.431. The first-order chi connectivity index (χ1) is 5.11. The predicted molar refractivity (Wildman–Crippen MR) is 38.9 cm³/mol. The highest BCUT2D eigenvalue weighted by atomic mass is 16.3. The quantitative estimate of drug-likeness (QED) is 0.638. The Kier molecular flexibility index (Phi) is 2.19. The molecule has 2 atom stereocenters. The Balaban J connectivity index is 2.76. The Morgan fingerprint density at radius 3 is 2.45 bits per heavy atom. The molecule has 5 heteroatoms. The lowest BCUT2D eigenvalue weighted by molar-refractivity contribution is 0.165. The summed E-state index contributed by atoms with van der Waals surface area (Å²) < 4.78 is 0. The van der Waals surface area contributed by atoms with Crippen molar-refractivity contribution in [1.29, 1.82) is 0 Å². The zero-order valence-electron chi connectivity index (χ0n) is 6.89. The maximum absolute atomic E-state index is 9.17. The van der Waals surface area contributed by atoms with Crippen molar-refractivity contribution in [2.24, 2.45) is 7.05 Å². The van der Waals surface area contributed by atoms with Crippen molar-refractivity contribution in [1.82, 2.24) is 20.2 Å². The summed E-state index contributed by atoms with van der Waals surface area (Å²) in [6.45, 7) is 3.57. The third-order valence-electron chi connectivity index (χ3n) is 1.65. The van der Waals surface area contributed by atoms with Crippen molar-refractivity contribution < 1.29 is 5.11 Å². The van der Waals surface area contributed by atoms with Crippen molar-refractivity contribution in [2.45, 2.75) is 25.9 Å². The maximum Gasteiger partial charge on any atom is 0.180 e. The van der Waals surface area contributed by atoms with E-state index >= 15 is 0 Å². The molecule has 0 aliphatic rings. The number of hydrogen-bond donors (Lipinski definition) is 1. The van der Waals surface area contributed by atoms with Crippen LogP contribution in [-0.4, -0.2) is 31.4 Å². The highest BCUT2D eigenvalue weighted by molar-refractivity contribution is 4.90. The second kappa shape index (κ2) is 2.96. The summed E-state index contributed by atoms with van der Waals surface area (Å²) in [6, 6.07) is 0. The number of aryl methyl sites for hydroxylation is 1. The lowest BCUT2D eigenvalue weighted by Gasteiger charge is -2.08. The van der Waals surface area contributed by atoms with Gasteiger partial charge < -0.3 is 5.11 Å². The molecule has 0 amide bonds. The lowest BCUT2D eigenvalue weighted by atomic mass is 10.1. The Labute approximate surface area is 65.0 Å². The number of tetrazole rings is 1. The second-order valence-corrected chi connectivity index (χ2v) is 2.67. The zero-order chi connectivity index (χ0) is 8.43. The number of aliphatic hydroxyl groups is 1. The number of aromatic nitrogens is 4. The molecule has 62 valence electrons. The first-order valence-corrected chi connectivity index (χ1v) is 3.53. The van der Waals surface area contributed by atoms with Crippen molar-refractivity contribution in [2.75, 3.05) is 0 Å². The van der Waals surface area contributed by atoms with Crippen molar-refractivity contribution >= 4 is 0 Å². The minimum absolute atomic E-state index is 0.0521. The standard InChI is InChI=1S/C6H12N4O/c1-4(5(2)11)6-7-9-10(3)8-6/h4-5,11H,1-3H3. The molecule has 1 aromatic heterocycles. The van der Waals surface area contributed by atoms with Gasteiger partial charge in [-0.2, -0.15) is 4.80 Å². The molecule has 0 aromatic carbocycles. The second-order valence-electron chi connectivity index (χ2n) is 2.67. The van der Waals surface area contributed by atoms with E-state index in [2.05, 4.69) is 15.4 Å². The van der Waals surface area contributed by atoms with Gasteiger partial charge in [0.1, 0.15) is 0 Å². The van der Waals surface area contributed by atoms with E-state index < -0.39 is 6.10 Å². The SMILES string of the molecule is CC(O)C(C)c1nnn(C)n1. The van der Waals surface area contributed by atoms with Gasteiger partial charge in [0.05, 0.1) is 13.2 Å². The molecule has 0 fully saturated rings. The third-order valence-corrected chi connectivity index (χ3v) is 1.65. The van der Waals surface area contributed by atoms with E-state index in [0.717, 1.165) is 0 Å². The van der Waals surface area contributed by atoms with Gasteiger partial charge in [-0.3, -0.25) is 0 Å². The van der Waals surface area contributed by atoms with Gasteiger partial charge >= 0.3 is 0 Å². The van der Waals surface area contributed by atoms with Gasteiger partial charge in [0.25, 0.3) is 0 Å². The third kappa shape index (κ3) is 1.74. The van der Waals surface area contributed by atoms with E-state index in [1.807, 2.05) is 6.92 Å². The van der Waals surface area contributed by atoms with Crippen LogP contribution in [0.4, 0.5) is 0 Å². The van der Waals surface area contributed by atoms with E-state index in [9.17, 15) is 0 Å². The number of rotatable bonds is 2. The van der Waals surface area contributed by atoms with Crippen LogP contribution in [0.5, 0.6) is 0 Å². The van der Waals surface area contributed by atoms with Crippen LogP contribution in [0.1, 0.15) is 25.6 Å². The fourth-order valence-corrected chi connectivity index (χ4v) is 0.697. The first-order valence-electron chi connectivity index (χ1n) is 3.53. The molecule has 0 saturated carbocycles. The van der Waals surface area contributed by atoms with Crippen LogP contribution in [0.2, 0.25) is 0 Å². The molecule has 1 N–H and O–H groups in total. The molecule has 11 heavy (non-hydrogen) atoms. The number of aliphatic hydroxyl groups excluding tert-OH is 1. The molecule has 0 spiro atoms. The Hall–Kier alpha value is -0.970. The summed E-state index contributed by atoms with van der Waals surface area (Å²) in [5.41, 5.74) is 0. The van der Waals surface area contributed by atoms with Gasteiger partial charge in [0.2, 0.25) is 0 Å². The normalized spacial score (nSPS) is 16.4. The fourth-order valence-electron chi connectivity index (χ4n) is 0.697. The summed E-state index contributed by atoms with van der Waals surface area (Å²) in [5.74, 6) is 0.534. The molecule has 1 rings (SSSR count). The van der Waals surface area contributed by atoms with Crippen molar-refractivity contribution in [3.8, 4) is 0 Å². The van der Waals surface area contributed by atoms with Gasteiger partial charge in [-0.25, -0.2) is 0 Å². The molecule has 0 bridgehead atoms. The van der Waals surface area contributed by atoms with Gasteiger partial charge in [0.15, 0.2) is 5.82 Å². The van der Waals surface area contributed by atoms with Gasteiger partial charge in [-0.15, -0.1) is 10.2 Å². The van der Waals surface area contributed by atoms with E-state index in [1.165, 1.54) is 4.80 Å². The smallest absolute Gasteiger partial charge is 0.180 e. The molecule has 0 aliphatic carbocycles. The Morgan fingerprint density at radius 1 is 1.45 bits per heavy atom. The van der Waals surface area contributed by atoms with Crippen LogP contribution in [0.25, 0.3) is 0 Å². The van der Waals surface area contributed by atoms with Crippen molar-refractivity contribution in [3.63, 3.8) is 0 Å². The van der Waals surface area contributed by atoms with Crippen LogP contribution in [-0.2, 0) is 7.05 Å². The highest BCUT2D eigenvalue weighted by Crippen LogP contribution is 2.12. The molecule has 0 saturated heterocycles. The Morgan fingerprint density at radius 2 is 2.09 bits per heavy atom. The number of nitrogens with zero attached hydrogens (tertiary/aromatic N) is 4. The number of hydrogen-bond acceptors (Lipinski definition) is 4. The monoisotopic (exact) mass is 156 g/mol. The van der Waals surface area contributed by atoms with Gasteiger partial charge in [0, 0.05) is 5.92 Å². The summed E-state index contributed by atoms with van der Waals surface area (Å²) in [5, 5.41) is 20.6. The fraction of sp³-hybridized carbons (Fsp3) is 0.833. The lowest BCUT2D eigenvalue weighted by Crippen LogP contribution is -2.12. The maximum atomic E-state index is 9.17. The minimum Gasteiger partial charge on any atom is -0.393 e. The largest absolute Gasteiger partial charge is 0.393 e. The van der Waals surface area contributed by atoms with E-state index in [4.69, 9.17) is 5.11 Å². The van der Waals surface area contributed by atoms with Crippen molar-refractivity contribution in [3.05, 3.63) is 5.82 Å². The highest BCUT2D eigenvalue weighted by Gasteiger charge is 2.15. The first kappa shape index (κ1) is 8.13. The van der Waals surface area contributed by atoms with Gasteiger partial charge in [-0.05, 0) is 12.1 Å². The average molecular weight is 156 g/mol. The molecule has 1 heterocycles. The summed E-state index contributed by atoms with van der Waals surface area (Å²) in [7, 11) is 1.70. The van der Waals surface area contributed by atoms with Gasteiger partial charge in [-0.1, -0.05) is 6.92 Å². The van der Waals surface area contributed by atoms with Crippen LogP contribution >= 0.6 is 0 Å². The Bertz CT molecular complexity index is 232. The van der Waals surface area contributed by atoms with E-state index in [1.54, 1.807) is 14.0 Å². The molecule has 0 aliphatic heterocycles. The summed E-state index contributed by atoms with van der Waals surface area (Å²) in [6.07, 6.45) is -0.431. The van der Waals surface area contributed by atoms with Crippen LogP contribution in [0.15, 0.2) is 0 Å². The summed E-state index contributed by atoms with van der Waals surface area (Å²) in [4.78, 5) is 1.38. The molecule has 1 aromatic rings. The zero-order valence-corrected chi connectivity index (χ0v) is 6.89. The topological polar surface area (TPSA) is 63.8 Å². The summed E-state index contributed by atoms with van der Waals surface area (Å²) >= 11 is 0. The van der Waals surface area contributed by atoms with Crippen LogP contribution in [0.3, 0.4) is 0 Å². The van der Waals surface area contributed by atoms with E-state index in [-0.39, 0.29) is 5.92 Å². The van der Waals surface area contributed by atoms with E-state index in [0.29, 0.717) is 5.82 Å². The average Bonchev–Trinajstić information content (AvgIpc) is 2.34. The molecule has 0 radical (unpaired) electrons. The van der Waals surface area contributed by atoms with Crippen LogP contribution < -0.4 is 0 Å². The molecule has 5 nitrogen and oxygen atoms in total. The molecular formula is C6H12N4O. The molecule has 2 unspecified atom stereocenters.